The summed E-state index contributed by atoms with van der Waals surface area (Å²) in [6, 6.07) is -0.293. The first-order chi connectivity index (χ1) is 9.15. The largest absolute Gasteiger partial charge is 0.353 e. The molecule has 2 aliphatic rings. The van der Waals surface area contributed by atoms with Crippen molar-refractivity contribution in [1.29, 1.82) is 0 Å². The van der Waals surface area contributed by atoms with E-state index in [1.165, 1.54) is 12.8 Å². The van der Waals surface area contributed by atoms with Crippen LogP contribution in [0.25, 0.3) is 0 Å². The monoisotopic (exact) mass is 268 g/mol. The van der Waals surface area contributed by atoms with Crippen molar-refractivity contribution in [2.75, 3.05) is 39.3 Å². The second kappa shape index (κ2) is 6.86. The van der Waals surface area contributed by atoms with Gasteiger partial charge in [0.15, 0.2) is 0 Å². The highest BCUT2D eigenvalue weighted by molar-refractivity contribution is 5.86. The molecule has 0 bridgehead atoms. The van der Waals surface area contributed by atoms with Gasteiger partial charge in [0.1, 0.15) is 6.04 Å². The van der Waals surface area contributed by atoms with E-state index >= 15 is 0 Å². The Morgan fingerprint density at radius 2 is 2.16 bits per heavy atom. The SMILES string of the molecule is CC1CCN(CCNC(=O)C2CNC(=O)CN2)CC1. The molecule has 2 aliphatic heterocycles. The van der Waals surface area contributed by atoms with Crippen molar-refractivity contribution >= 4 is 11.8 Å². The predicted octanol–water partition coefficient (Wildman–Crippen LogP) is -1.08. The third-order valence-electron chi connectivity index (χ3n) is 3.93. The van der Waals surface area contributed by atoms with Crippen molar-refractivity contribution in [2.45, 2.75) is 25.8 Å². The van der Waals surface area contributed by atoms with Crippen LogP contribution in [0.1, 0.15) is 19.8 Å². The zero-order chi connectivity index (χ0) is 13.7. The van der Waals surface area contributed by atoms with Crippen LogP contribution in [0, 0.1) is 5.92 Å². The second-order valence-corrected chi connectivity index (χ2v) is 5.55. The fraction of sp³-hybridized carbons (Fsp3) is 0.846. The Morgan fingerprint density at radius 1 is 1.42 bits per heavy atom. The van der Waals surface area contributed by atoms with Gasteiger partial charge in [0.2, 0.25) is 11.8 Å². The molecule has 0 aliphatic carbocycles. The summed E-state index contributed by atoms with van der Waals surface area (Å²) in [7, 11) is 0. The van der Waals surface area contributed by atoms with Crippen LogP contribution in [0.15, 0.2) is 0 Å². The number of piperidine rings is 1. The minimum Gasteiger partial charge on any atom is -0.353 e. The average molecular weight is 268 g/mol. The lowest BCUT2D eigenvalue weighted by molar-refractivity contribution is -0.126. The molecule has 0 aromatic carbocycles. The van der Waals surface area contributed by atoms with E-state index in [4.69, 9.17) is 0 Å². The van der Waals surface area contributed by atoms with Crippen molar-refractivity contribution in [3.63, 3.8) is 0 Å². The lowest BCUT2D eigenvalue weighted by Crippen LogP contribution is -2.58. The molecule has 1 atom stereocenters. The zero-order valence-electron chi connectivity index (χ0n) is 11.6. The van der Waals surface area contributed by atoms with Gasteiger partial charge < -0.3 is 15.5 Å². The van der Waals surface area contributed by atoms with E-state index in [-0.39, 0.29) is 24.4 Å². The van der Waals surface area contributed by atoms with Crippen molar-refractivity contribution < 1.29 is 9.59 Å². The normalized spacial score (nSPS) is 25.9. The molecular weight excluding hydrogens is 244 g/mol. The third kappa shape index (κ3) is 4.47. The van der Waals surface area contributed by atoms with Crippen LogP contribution in [0.2, 0.25) is 0 Å². The maximum absolute atomic E-state index is 11.9. The van der Waals surface area contributed by atoms with Crippen molar-refractivity contribution in [3.8, 4) is 0 Å². The van der Waals surface area contributed by atoms with Crippen LogP contribution < -0.4 is 16.0 Å². The van der Waals surface area contributed by atoms with Crippen LogP contribution >= 0.6 is 0 Å². The predicted molar refractivity (Wildman–Crippen MR) is 72.6 cm³/mol. The maximum Gasteiger partial charge on any atom is 0.239 e. The molecule has 2 heterocycles. The maximum atomic E-state index is 11.9. The van der Waals surface area contributed by atoms with Gasteiger partial charge in [-0.3, -0.25) is 14.9 Å². The molecule has 2 amide bonds. The highest BCUT2D eigenvalue weighted by Gasteiger charge is 2.23. The number of hydrogen-bond donors (Lipinski definition) is 3. The topological polar surface area (TPSA) is 73.5 Å². The van der Waals surface area contributed by atoms with Gasteiger partial charge in [0.05, 0.1) is 6.54 Å². The summed E-state index contributed by atoms with van der Waals surface area (Å²) in [5.74, 6) is 0.762. The number of hydrogen-bond acceptors (Lipinski definition) is 4. The Labute approximate surface area is 114 Å². The van der Waals surface area contributed by atoms with Crippen LogP contribution in [0.4, 0.5) is 0 Å². The molecule has 0 aromatic heterocycles. The Morgan fingerprint density at radius 3 is 2.79 bits per heavy atom. The molecule has 0 spiro atoms. The first kappa shape index (κ1) is 14.3. The lowest BCUT2D eigenvalue weighted by Gasteiger charge is -2.30. The van der Waals surface area contributed by atoms with Crippen LogP contribution in [0.3, 0.4) is 0 Å². The van der Waals surface area contributed by atoms with Crippen LogP contribution in [0.5, 0.6) is 0 Å². The fourth-order valence-corrected chi connectivity index (χ4v) is 2.50. The standard InChI is InChI=1S/C13H24N4O2/c1-10-2-5-17(6-3-10)7-4-14-13(19)11-8-16-12(18)9-15-11/h10-11,15H,2-9H2,1H3,(H,14,19)(H,16,18). The zero-order valence-corrected chi connectivity index (χ0v) is 11.6. The van der Waals surface area contributed by atoms with Gasteiger partial charge in [0, 0.05) is 19.6 Å². The Bertz CT molecular complexity index is 317. The minimum absolute atomic E-state index is 0.0228. The Kier molecular flexibility index (Phi) is 5.15. The van der Waals surface area contributed by atoms with Gasteiger partial charge in [-0.2, -0.15) is 0 Å². The summed E-state index contributed by atoms with van der Waals surface area (Å²) >= 11 is 0. The van der Waals surface area contributed by atoms with Gasteiger partial charge in [-0.15, -0.1) is 0 Å². The van der Waals surface area contributed by atoms with Gasteiger partial charge in [-0.1, -0.05) is 6.92 Å². The number of amides is 2. The summed E-state index contributed by atoms with van der Waals surface area (Å²) < 4.78 is 0. The van der Waals surface area contributed by atoms with E-state index in [2.05, 4.69) is 27.8 Å². The lowest BCUT2D eigenvalue weighted by atomic mass is 9.99. The second-order valence-electron chi connectivity index (χ2n) is 5.55. The summed E-state index contributed by atoms with van der Waals surface area (Å²) in [6.45, 7) is 6.76. The quantitative estimate of drug-likeness (QED) is 0.606. The van der Waals surface area contributed by atoms with Gasteiger partial charge in [-0.25, -0.2) is 0 Å². The third-order valence-corrected chi connectivity index (χ3v) is 3.93. The van der Waals surface area contributed by atoms with Crippen LogP contribution in [-0.4, -0.2) is 62.0 Å². The molecule has 0 saturated carbocycles. The number of rotatable bonds is 4. The number of likely N-dealkylation sites (tertiary alicyclic amines) is 1. The van der Waals surface area contributed by atoms with Crippen molar-refractivity contribution in [3.05, 3.63) is 0 Å². The van der Waals surface area contributed by atoms with E-state index in [1.807, 2.05) is 0 Å². The summed E-state index contributed by atoms with van der Waals surface area (Å²) in [4.78, 5) is 25.2. The minimum atomic E-state index is -0.293. The molecular formula is C13H24N4O2. The first-order valence-corrected chi connectivity index (χ1v) is 7.15. The molecule has 6 heteroatoms. The molecule has 2 saturated heterocycles. The van der Waals surface area contributed by atoms with Crippen LogP contribution in [-0.2, 0) is 9.59 Å². The van der Waals surface area contributed by atoms with Gasteiger partial charge in [0.25, 0.3) is 0 Å². The molecule has 3 N–H and O–H groups in total. The summed E-state index contributed by atoms with van der Waals surface area (Å²) in [5.41, 5.74) is 0. The van der Waals surface area contributed by atoms with E-state index < -0.39 is 0 Å². The number of nitrogens with zero attached hydrogens (tertiary/aromatic N) is 1. The van der Waals surface area contributed by atoms with E-state index in [1.54, 1.807) is 0 Å². The smallest absolute Gasteiger partial charge is 0.239 e. The molecule has 108 valence electrons. The highest BCUT2D eigenvalue weighted by atomic mass is 16.2. The molecule has 0 aromatic rings. The highest BCUT2D eigenvalue weighted by Crippen LogP contribution is 2.14. The molecule has 1 unspecified atom stereocenters. The summed E-state index contributed by atoms with van der Waals surface area (Å²) in [6.07, 6.45) is 2.51. The van der Waals surface area contributed by atoms with E-state index in [9.17, 15) is 9.59 Å². The fourth-order valence-electron chi connectivity index (χ4n) is 2.50. The average Bonchev–Trinajstić information content (AvgIpc) is 2.41. The molecule has 2 fully saturated rings. The van der Waals surface area contributed by atoms with Gasteiger partial charge >= 0.3 is 0 Å². The van der Waals surface area contributed by atoms with Gasteiger partial charge in [-0.05, 0) is 31.8 Å². The van der Waals surface area contributed by atoms with E-state index in [0.29, 0.717) is 13.1 Å². The number of piperazine rings is 1. The Hall–Kier alpha value is -1.14. The Balaban J connectivity index is 1.60. The van der Waals surface area contributed by atoms with E-state index in [0.717, 1.165) is 25.6 Å². The molecule has 0 radical (unpaired) electrons. The molecule has 6 nitrogen and oxygen atoms in total. The summed E-state index contributed by atoms with van der Waals surface area (Å²) in [5, 5.41) is 8.54. The number of carbonyl (C=O) groups excluding carboxylic acids is 2. The molecule has 2 rings (SSSR count). The number of nitrogens with one attached hydrogen (secondary N) is 3. The first-order valence-electron chi connectivity index (χ1n) is 7.15. The number of carbonyl (C=O) groups is 2. The van der Waals surface area contributed by atoms with Crippen molar-refractivity contribution in [2.24, 2.45) is 5.92 Å². The van der Waals surface area contributed by atoms with Crippen molar-refractivity contribution in [1.82, 2.24) is 20.9 Å². The molecule has 19 heavy (non-hydrogen) atoms.